The zero-order valence-corrected chi connectivity index (χ0v) is 25.5. The monoisotopic (exact) mass is 657 g/mol. The van der Waals surface area contributed by atoms with E-state index in [1.807, 2.05) is 29.7 Å². The molecule has 2 heterocycles. The van der Waals surface area contributed by atoms with E-state index in [2.05, 4.69) is 26.2 Å². The maximum Gasteiger partial charge on any atom is 0.341 e. The van der Waals surface area contributed by atoms with Crippen molar-refractivity contribution in [1.82, 2.24) is 4.57 Å². The van der Waals surface area contributed by atoms with Crippen molar-refractivity contribution in [2.45, 2.75) is 39.7 Å². The Hall–Kier alpha value is -2.39. The van der Waals surface area contributed by atoms with Gasteiger partial charge in [-0.05, 0) is 56.9 Å². The van der Waals surface area contributed by atoms with Gasteiger partial charge in [0.25, 0.3) is 5.91 Å². The minimum atomic E-state index is -4.13. The Bertz CT molecular complexity index is 1590. The molecular formula is C25H28BrN3O7S3. The number of esters is 1. The molecule has 4 rings (SSSR count). The van der Waals surface area contributed by atoms with Gasteiger partial charge in [0.15, 0.2) is 14.6 Å². The second kappa shape index (κ2) is 12.9. The first kappa shape index (κ1) is 29.6. The van der Waals surface area contributed by atoms with Gasteiger partial charge in [-0.25, -0.2) is 13.2 Å². The first-order chi connectivity index (χ1) is 18.6. The average Bonchev–Trinajstić information content (AvgIpc) is 3.51. The van der Waals surface area contributed by atoms with Crippen LogP contribution in [0.1, 0.15) is 41.1 Å². The highest BCUT2D eigenvalue weighted by Gasteiger charge is 2.29. The standard InChI is InChI=1S/C25H28BrN3O7S3/c1-3-35-11-10-29-17-9-8-15(26)12-19(17)38-25(29)28-21(31)14-39(33,34)13-20(30)27-23-22(24(32)36-4-2)16-6-5-7-18(16)37-23/h8-9,12H,3-7,10-11,13-14H2,1-2H3,(H,27,30). The quantitative estimate of drug-likeness (QED) is 0.245. The number of thiophene rings is 1. The number of nitrogens with one attached hydrogen (secondary N) is 1. The Labute approximate surface area is 242 Å². The second-order valence-electron chi connectivity index (χ2n) is 8.71. The van der Waals surface area contributed by atoms with Crippen LogP contribution < -0.4 is 10.1 Å². The largest absolute Gasteiger partial charge is 0.462 e. The third-order valence-electron chi connectivity index (χ3n) is 5.88. The molecule has 10 nitrogen and oxygen atoms in total. The van der Waals surface area contributed by atoms with Crippen LogP contribution in [0, 0.1) is 0 Å². The minimum Gasteiger partial charge on any atom is -0.462 e. The molecule has 3 aromatic rings. The van der Waals surface area contributed by atoms with Crippen LogP contribution in [-0.4, -0.2) is 62.1 Å². The normalized spacial score (nSPS) is 13.6. The van der Waals surface area contributed by atoms with Crippen molar-refractivity contribution in [2.24, 2.45) is 4.99 Å². The van der Waals surface area contributed by atoms with Crippen LogP contribution in [0.5, 0.6) is 0 Å². The number of nitrogens with zero attached hydrogens (tertiary/aromatic N) is 2. The Morgan fingerprint density at radius 1 is 1.13 bits per heavy atom. The van der Waals surface area contributed by atoms with E-state index in [1.165, 1.54) is 22.7 Å². The first-order valence-electron chi connectivity index (χ1n) is 12.4. The van der Waals surface area contributed by atoms with Crippen LogP contribution >= 0.6 is 38.6 Å². The number of anilines is 1. The summed E-state index contributed by atoms with van der Waals surface area (Å²) in [7, 11) is -4.13. The summed E-state index contributed by atoms with van der Waals surface area (Å²) in [5.41, 5.74) is 1.98. The molecule has 0 atom stereocenters. The van der Waals surface area contributed by atoms with Gasteiger partial charge in [-0.15, -0.1) is 11.3 Å². The number of carbonyl (C=O) groups excluding carboxylic acids is 3. The third kappa shape index (κ3) is 7.23. The van der Waals surface area contributed by atoms with Gasteiger partial charge in [0, 0.05) is 22.5 Å². The molecule has 0 unspecified atom stereocenters. The topological polar surface area (TPSA) is 133 Å². The number of aromatic nitrogens is 1. The molecule has 2 amide bonds. The second-order valence-corrected chi connectivity index (χ2v) is 13.8. The smallest absolute Gasteiger partial charge is 0.341 e. The van der Waals surface area contributed by atoms with E-state index in [0.717, 1.165) is 38.0 Å². The average molecular weight is 659 g/mol. The molecule has 14 heteroatoms. The number of benzene rings is 1. The van der Waals surface area contributed by atoms with Gasteiger partial charge >= 0.3 is 5.97 Å². The number of amides is 2. The van der Waals surface area contributed by atoms with Crippen LogP contribution in [0.25, 0.3) is 10.2 Å². The highest BCUT2D eigenvalue weighted by atomic mass is 79.9. The maximum absolute atomic E-state index is 12.7. The fourth-order valence-electron chi connectivity index (χ4n) is 4.30. The molecule has 1 aliphatic carbocycles. The van der Waals surface area contributed by atoms with E-state index in [1.54, 1.807) is 6.92 Å². The van der Waals surface area contributed by atoms with Crippen LogP contribution in [0.3, 0.4) is 0 Å². The number of rotatable bonds is 11. The zero-order chi connectivity index (χ0) is 28.2. The SMILES string of the molecule is CCOCCn1c(=NC(=O)CS(=O)(=O)CC(=O)Nc2sc3c(c2C(=O)OCC)CCC3)sc2cc(Br)ccc21. The van der Waals surface area contributed by atoms with Gasteiger partial charge in [-0.3, -0.25) is 9.59 Å². The first-order valence-corrected chi connectivity index (χ1v) is 16.6. The molecule has 0 spiro atoms. The minimum absolute atomic E-state index is 0.180. The maximum atomic E-state index is 12.7. The van der Waals surface area contributed by atoms with Crippen molar-refractivity contribution in [3.63, 3.8) is 0 Å². The molecule has 0 saturated heterocycles. The van der Waals surface area contributed by atoms with Gasteiger partial charge in [0.05, 0.1) is 29.0 Å². The van der Waals surface area contributed by atoms with Crippen molar-refractivity contribution in [2.75, 3.05) is 36.6 Å². The molecule has 0 aliphatic heterocycles. The fraction of sp³-hybridized carbons (Fsp3) is 0.440. The predicted molar refractivity (Wildman–Crippen MR) is 154 cm³/mol. The number of aryl methyl sites for hydroxylation is 1. The van der Waals surface area contributed by atoms with Gasteiger partial charge in [0.1, 0.15) is 16.5 Å². The highest BCUT2D eigenvalue weighted by Crippen LogP contribution is 2.39. The summed E-state index contributed by atoms with van der Waals surface area (Å²) in [6.45, 7) is 5.12. The van der Waals surface area contributed by atoms with Crippen molar-refractivity contribution >= 4 is 81.4 Å². The number of carbonyl (C=O) groups is 3. The Kier molecular flexibility index (Phi) is 9.75. The van der Waals surface area contributed by atoms with E-state index in [0.29, 0.717) is 36.5 Å². The van der Waals surface area contributed by atoms with Crippen molar-refractivity contribution in [3.05, 3.63) is 43.5 Å². The predicted octanol–water partition coefficient (Wildman–Crippen LogP) is 3.71. The number of hydrogen-bond donors (Lipinski definition) is 1. The van der Waals surface area contributed by atoms with Gasteiger partial charge in [-0.1, -0.05) is 27.3 Å². The molecule has 2 aromatic heterocycles. The molecule has 0 fully saturated rings. The molecule has 0 radical (unpaired) electrons. The van der Waals surface area contributed by atoms with E-state index in [-0.39, 0.29) is 11.6 Å². The van der Waals surface area contributed by atoms with Crippen LogP contribution in [0.4, 0.5) is 5.00 Å². The van der Waals surface area contributed by atoms with E-state index >= 15 is 0 Å². The van der Waals surface area contributed by atoms with Crippen molar-refractivity contribution in [3.8, 4) is 0 Å². The van der Waals surface area contributed by atoms with Gasteiger partial charge in [0.2, 0.25) is 5.91 Å². The number of thiazole rings is 1. The molecule has 0 bridgehead atoms. The lowest BCUT2D eigenvalue weighted by Crippen LogP contribution is -2.28. The lowest BCUT2D eigenvalue weighted by Gasteiger charge is -2.08. The van der Waals surface area contributed by atoms with Gasteiger partial charge in [-0.2, -0.15) is 4.99 Å². The summed E-state index contributed by atoms with van der Waals surface area (Å²) in [4.78, 5) is 43.3. The zero-order valence-electron chi connectivity index (χ0n) is 21.5. The number of halogens is 1. The summed E-state index contributed by atoms with van der Waals surface area (Å²) >= 11 is 5.95. The van der Waals surface area contributed by atoms with E-state index in [9.17, 15) is 22.8 Å². The van der Waals surface area contributed by atoms with Crippen LogP contribution in [0.2, 0.25) is 0 Å². The van der Waals surface area contributed by atoms with E-state index in [4.69, 9.17) is 9.47 Å². The summed E-state index contributed by atoms with van der Waals surface area (Å²) in [5, 5.41) is 2.84. The summed E-state index contributed by atoms with van der Waals surface area (Å²) in [5.74, 6) is -4.08. The molecule has 39 heavy (non-hydrogen) atoms. The summed E-state index contributed by atoms with van der Waals surface area (Å²) in [6.07, 6.45) is 2.39. The van der Waals surface area contributed by atoms with E-state index < -0.39 is 39.1 Å². The highest BCUT2D eigenvalue weighted by molar-refractivity contribution is 9.10. The molecule has 1 aromatic carbocycles. The molecule has 0 saturated carbocycles. The molecule has 210 valence electrons. The number of fused-ring (bicyclic) bond motifs is 2. The Morgan fingerprint density at radius 2 is 1.92 bits per heavy atom. The van der Waals surface area contributed by atoms with Crippen molar-refractivity contribution < 1.29 is 32.3 Å². The fourth-order valence-corrected chi connectivity index (χ4v) is 8.23. The summed E-state index contributed by atoms with van der Waals surface area (Å²) < 4.78 is 39.6. The summed E-state index contributed by atoms with van der Waals surface area (Å²) in [6, 6.07) is 5.65. The lowest BCUT2D eigenvalue weighted by molar-refractivity contribution is -0.115. The van der Waals surface area contributed by atoms with Crippen LogP contribution in [-0.2, 0) is 48.3 Å². The Morgan fingerprint density at radius 3 is 2.67 bits per heavy atom. The number of hydrogen-bond acceptors (Lipinski definition) is 9. The van der Waals surface area contributed by atoms with Crippen molar-refractivity contribution in [1.29, 1.82) is 0 Å². The molecule has 1 aliphatic rings. The molecular weight excluding hydrogens is 630 g/mol. The van der Waals surface area contributed by atoms with Crippen LogP contribution in [0.15, 0.2) is 27.7 Å². The number of ether oxygens (including phenoxy) is 2. The third-order valence-corrected chi connectivity index (χ3v) is 10.0. The van der Waals surface area contributed by atoms with Gasteiger partial charge < -0.3 is 19.4 Å². The Balaban J connectivity index is 1.49. The number of sulfone groups is 1. The lowest BCUT2D eigenvalue weighted by atomic mass is 10.1. The molecule has 1 N–H and O–H groups in total.